The van der Waals surface area contributed by atoms with E-state index in [4.69, 9.17) is 23.2 Å². The molecule has 11 heteroatoms. The van der Waals surface area contributed by atoms with E-state index in [2.05, 4.69) is 10.6 Å². The van der Waals surface area contributed by atoms with Gasteiger partial charge in [0.05, 0.1) is 23.8 Å². The molecule has 0 unspecified atom stereocenters. The van der Waals surface area contributed by atoms with Gasteiger partial charge in [0.25, 0.3) is 0 Å². The Bertz CT molecular complexity index is 1410. The SMILES string of the molecule is CN1[C@@H](C(=O)NCC[C@H](O)CO)[C@H](c2cccc(Cl)c2)[C@@]2(C(=O)Nc3cc(Cl)c(F)cc32)[C@H]1CCc1cccs1. The maximum atomic E-state index is 15.1. The summed E-state index contributed by atoms with van der Waals surface area (Å²) in [6.07, 6.45) is 0.390. The van der Waals surface area contributed by atoms with E-state index < -0.39 is 41.9 Å². The van der Waals surface area contributed by atoms with Crippen LogP contribution in [0.25, 0.3) is 0 Å². The fourth-order valence-corrected chi connectivity index (χ4v) is 7.48. The Labute approximate surface area is 245 Å². The molecule has 1 spiro atoms. The molecule has 5 rings (SSSR count). The third-order valence-corrected chi connectivity index (χ3v) is 9.56. The number of amides is 2. The number of nitrogens with one attached hydrogen (secondary N) is 2. The van der Waals surface area contributed by atoms with Crippen LogP contribution in [0.1, 0.15) is 34.8 Å². The van der Waals surface area contributed by atoms with Crippen LogP contribution >= 0.6 is 34.5 Å². The van der Waals surface area contributed by atoms with Crippen molar-refractivity contribution in [3.8, 4) is 0 Å². The molecule has 7 nitrogen and oxygen atoms in total. The molecule has 2 aliphatic heterocycles. The van der Waals surface area contributed by atoms with Crippen molar-refractivity contribution in [2.45, 2.75) is 48.8 Å². The van der Waals surface area contributed by atoms with Gasteiger partial charge in [0.2, 0.25) is 11.8 Å². The van der Waals surface area contributed by atoms with Crippen molar-refractivity contribution >= 4 is 52.0 Å². The molecule has 5 atom stereocenters. The largest absolute Gasteiger partial charge is 0.394 e. The molecule has 2 aliphatic rings. The molecular weight excluding hydrogens is 576 g/mol. The minimum Gasteiger partial charge on any atom is -0.394 e. The van der Waals surface area contributed by atoms with Crippen molar-refractivity contribution in [2.24, 2.45) is 0 Å². The summed E-state index contributed by atoms with van der Waals surface area (Å²) in [6.45, 7) is -0.281. The number of hydrogen-bond acceptors (Lipinski definition) is 6. The predicted molar refractivity (Wildman–Crippen MR) is 155 cm³/mol. The highest BCUT2D eigenvalue weighted by atomic mass is 35.5. The lowest BCUT2D eigenvalue weighted by atomic mass is 9.64. The van der Waals surface area contributed by atoms with Crippen LogP contribution in [0.3, 0.4) is 0 Å². The van der Waals surface area contributed by atoms with Gasteiger partial charge in [0.1, 0.15) is 11.2 Å². The topological polar surface area (TPSA) is 102 Å². The van der Waals surface area contributed by atoms with Gasteiger partial charge in [-0.1, -0.05) is 41.4 Å². The zero-order valence-electron chi connectivity index (χ0n) is 21.7. The van der Waals surface area contributed by atoms with Gasteiger partial charge >= 0.3 is 0 Å². The molecule has 4 N–H and O–H groups in total. The molecule has 1 saturated heterocycles. The summed E-state index contributed by atoms with van der Waals surface area (Å²) in [6, 6.07) is 12.5. The van der Waals surface area contributed by atoms with E-state index in [1.54, 1.807) is 29.5 Å². The molecule has 212 valence electrons. The standard InChI is InChI=1S/C29H30Cl2FN3O4S/c1-35-24(8-7-19-6-3-11-40-19)29(20-13-22(32)21(31)14-23(20)34-28(29)39)25(16-4-2-5-17(30)12-16)26(35)27(38)33-10-9-18(37)15-36/h2-6,11-14,18,24-26,36-37H,7-10,15H2,1H3,(H,33,38)(H,34,39)/t18-,24+,25-,26+,29-/m0/s1. The fraction of sp³-hybridized carbons (Fsp3) is 0.379. The highest BCUT2D eigenvalue weighted by Gasteiger charge is 2.67. The molecular formula is C29H30Cl2FN3O4S. The monoisotopic (exact) mass is 605 g/mol. The number of aliphatic hydroxyl groups excluding tert-OH is 2. The molecule has 0 saturated carbocycles. The zero-order valence-corrected chi connectivity index (χ0v) is 24.1. The summed E-state index contributed by atoms with van der Waals surface area (Å²) in [5.41, 5.74) is 0.222. The molecule has 0 bridgehead atoms. The van der Waals surface area contributed by atoms with Crippen molar-refractivity contribution < 1.29 is 24.2 Å². The fourth-order valence-electron chi connectivity index (χ4n) is 6.39. The van der Waals surface area contributed by atoms with Crippen molar-refractivity contribution in [1.29, 1.82) is 0 Å². The van der Waals surface area contributed by atoms with Crippen LogP contribution in [0.5, 0.6) is 0 Å². The van der Waals surface area contributed by atoms with Crippen LogP contribution in [-0.2, 0) is 21.4 Å². The number of thiophene rings is 1. The van der Waals surface area contributed by atoms with E-state index in [0.717, 1.165) is 4.88 Å². The third-order valence-electron chi connectivity index (χ3n) is 8.10. The van der Waals surface area contributed by atoms with Gasteiger partial charge in [-0.3, -0.25) is 14.5 Å². The smallest absolute Gasteiger partial charge is 0.238 e. The molecule has 3 heterocycles. The van der Waals surface area contributed by atoms with E-state index in [1.807, 2.05) is 35.5 Å². The lowest BCUT2D eigenvalue weighted by Crippen LogP contribution is -2.48. The highest BCUT2D eigenvalue weighted by Crippen LogP contribution is 2.59. The van der Waals surface area contributed by atoms with Crippen molar-refractivity contribution in [1.82, 2.24) is 10.2 Å². The van der Waals surface area contributed by atoms with E-state index in [1.165, 1.54) is 12.1 Å². The number of carbonyl (C=O) groups is 2. The first-order valence-electron chi connectivity index (χ1n) is 13.1. The maximum Gasteiger partial charge on any atom is 0.238 e. The van der Waals surface area contributed by atoms with Crippen LogP contribution in [0.4, 0.5) is 10.1 Å². The average Bonchev–Trinajstić information content (AvgIpc) is 3.60. The molecule has 0 radical (unpaired) electrons. The number of anilines is 1. The van der Waals surface area contributed by atoms with Gasteiger partial charge < -0.3 is 20.8 Å². The lowest BCUT2D eigenvalue weighted by molar-refractivity contribution is -0.126. The van der Waals surface area contributed by atoms with Gasteiger partial charge in [-0.15, -0.1) is 11.3 Å². The average molecular weight is 607 g/mol. The maximum absolute atomic E-state index is 15.1. The molecule has 40 heavy (non-hydrogen) atoms. The second-order valence-electron chi connectivity index (χ2n) is 10.3. The summed E-state index contributed by atoms with van der Waals surface area (Å²) >= 11 is 14.2. The summed E-state index contributed by atoms with van der Waals surface area (Å²) in [5, 5.41) is 27.1. The van der Waals surface area contributed by atoms with Crippen LogP contribution in [0.2, 0.25) is 10.0 Å². The first kappa shape index (κ1) is 29.0. The molecule has 3 aromatic rings. The third kappa shape index (κ3) is 5.04. The van der Waals surface area contributed by atoms with Gasteiger partial charge in [-0.25, -0.2) is 4.39 Å². The number of likely N-dealkylation sites (N-methyl/N-ethyl adjacent to an activating group) is 1. The number of likely N-dealkylation sites (tertiary alicyclic amines) is 1. The second kappa shape index (κ2) is 11.8. The van der Waals surface area contributed by atoms with Crippen LogP contribution < -0.4 is 10.6 Å². The van der Waals surface area contributed by atoms with Crippen LogP contribution in [-0.4, -0.2) is 65.3 Å². The molecule has 1 fully saturated rings. The number of aryl methyl sites for hydroxylation is 1. The highest BCUT2D eigenvalue weighted by molar-refractivity contribution is 7.09. The number of halogens is 3. The Kier molecular flexibility index (Phi) is 8.52. The number of aliphatic hydroxyl groups is 2. The number of fused-ring (bicyclic) bond motifs is 2. The number of nitrogens with zero attached hydrogens (tertiary/aromatic N) is 1. The molecule has 2 amide bonds. The Hall–Kier alpha value is -2.53. The summed E-state index contributed by atoms with van der Waals surface area (Å²) in [5.74, 6) is -2.05. The second-order valence-corrected chi connectivity index (χ2v) is 12.2. The Morgan fingerprint density at radius 2 is 2.05 bits per heavy atom. The Morgan fingerprint density at radius 3 is 2.75 bits per heavy atom. The number of rotatable bonds is 9. The van der Waals surface area contributed by atoms with Gasteiger partial charge in [0.15, 0.2) is 0 Å². The number of hydrogen-bond donors (Lipinski definition) is 4. The first-order valence-corrected chi connectivity index (χ1v) is 14.7. The number of carbonyl (C=O) groups excluding carboxylic acids is 2. The summed E-state index contributed by atoms with van der Waals surface area (Å²) < 4.78 is 15.1. The van der Waals surface area contributed by atoms with Crippen molar-refractivity contribution in [2.75, 3.05) is 25.5 Å². The quantitative estimate of drug-likeness (QED) is 0.291. The molecule has 1 aromatic heterocycles. The van der Waals surface area contributed by atoms with E-state index in [-0.39, 0.29) is 29.8 Å². The van der Waals surface area contributed by atoms with Crippen LogP contribution in [0, 0.1) is 5.82 Å². The van der Waals surface area contributed by atoms with Gasteiger partial charge in [-0.2, -0.15) is 0 Å². The molecule has 2 aromatic carbocycles. The minimum atomic E-state index is -1.33. The van der Waals surface area contributed by atoms with Gasteiger partial charge in [0, 0.05) is 34.1 Å². The van der Waals surface area contributed by atoms with Gasteiger partial charge in [-0.05, 0) is 73.1 Å². The first-order chi connectivity index (χ1) is 19.2. The van der Waals surface area contributed by atoms with Crippen molar-refractivity contribution in [3.63, 3.8) is 0 Å². The number of benzene rings is 2. The Balaban J connectivity index is 1.67. The lowest BCUT2D eigenvalue weighted by Gasteiger charge is -2.36. The van der Waals surface area contributed by atoms with E-state index >= 15 is 4.39 Å². The van der Waals surface area contributed by atoms with E-state index in [9.17, 15) is 19.8 Å². The normalized spacial score (nSPS) is 24.8. The molecule has 0 aliphatic carbocycles. The Morgan fingerprint density at radius 1 is 1.25 bits per heavy atom. The minimum absolute atomic E-state index is 0.103. The predicted octanol–water partition coefficient (Wildman–Crippen LogP) is 4.34. The van der Waals surface area contributed by atoms with E-state index in [0.29, 0.717) is 34.7 Å². The van der Waals surface area contributed by atoms with Crippen LogP contribution in [0.15, 0.2) is 53.9 Å². The zero-order chi connectivity index (χ0) is 28.6. The summed E-state index contributed by atoms with van der Waals surface area (Å²) in [4.78, 5) is 31.2. The summed E-state index contributed by atoms with van der Waals surface area (Å²) in [7, 11) is 1.82. The van der Waals surface area contributed by atoms with Crippen molar-refractivity contribution in [3.05, 3.63) is 85.8 Å².